The second kappa shape index (κ2) is 5.63. The molecule has 2 aromatic carbocycles. The van der Waals surface area contributed by atoms with E-state index in [1.165, 1.54) is 17.2 Å². The van der Waals surface area contributed by atoms with E-state index in [0.717, 1.165) is 5.69 Å². The van der Waals surface area contributed by atoms with Crippen molar-refractivity contribution in [2.45, 2.75) is 20.5 Å². The Bertz CT molecular complexity index is 622. The second-order valence-corrected chi connectivity index (χ2v) is 4.44. The third-order valence-electron chi connectivity index (χ3n) is 3.00. The maximum atomic E-state index is 9.45. The first-order chi connectivity index (χ1) is 9.10. The van der Waals surface area contributed by atoms with E-state index in [2.05, 4.69) is 10.2 Å². The van der Waals surface area contributed by atoms with Gasteiger partial charge in [0.25, 0.3) is 0 Å². The van der Waals surface area contributed by atoms with Crippen molar-refractivity contribution in [2.75, 3.05) is 0 Å². The number of hydrogen-bond acceptors (Lipinski definition) is 4. The fraction of sp³-hybridized carbons (Fsp3) is 0.200. The van der Waals surface area contributed by atoms with Crippen molar-refractivity contribution in [3.05, 3.63) is 53.1 Å². The van der Waals surface area contributed by atoms with Crippen LogP contribution in [-0.2, 0) is 6.61 Å². The highest BCUT2D eigenvalue weighted by molar-refractivity contribution is 5.48. The van der Waals surface area contributed by atoms with Gasteiger partial charge in [-0.1, -0.05) is 6.07 Å². The van der Waals surface area contributed by atoms with Crippen LogP contribution in [0.4, 0.5) is 11.4 Å². The van der Waals surface area contributed by atoms with E-state index in [1.54, 1.807) is 12.1 Å². The van der Waals surface area contributed by atoms with E-state index < -0.39 is 0 Å². The molecule has 4 heteroatoms. The lowest BCUT2D eigenvalue weighted by atomic mass is 10.1. The van der Waals surface area contributed by atoms with Crippen molar-refractivity contribution in [3.8, 4) is 5.75 Å². The van der Waals surface area contributed by atoms with E-state index in [0.29, 0.717) is 11.3 Å². The summed E-state index contributed by atoms with van der Waals surface area (Å²) < 4.78 is 0. The van der Waals surface area contributed by atoms with Gasteiger partial charge in [0.15, 0.2) is 0 Å². The molecule has 0 heterocycles. The summed E-state index contributed by atoms with van der Waals surface area (Å²) in [6.07, 6.45) is 0. The molecule has 0 aliphatic heterocycles. The quantitative estimate of drug-likeness (QED) is 0.817. The molecule has 0 atom stereocenters. The second-order valence-electron chi connectivity index (χ2n) is 4.44. The maximum absolute atomic E-state index is 9.45. The van der Waals surface area contributed by atoms with Gasteiger partial charge in [-0.15, -0.1) is 0 Å². The molecule has 0 aromatic heterocycles. The summed E-state index contributed by atoms with van der Waals surface area (Å²) >= 11 is 0. The van der Waals surface area contributed by atoms with E-state index in [9.17, 15) is 5.11 Å². The number of benzene rings is 2. The van der Waals surface area contributed by atoms with E-state index in [1.807, 2.05) is 32.0 Å². The van der Waals surface area contributed by atoms with Crippen LogP contribution in [0.1, 0.15) is 16.7 Å². The summed E-state index contributed by atoms with van der Waals surface area (Å²) in [6, 6.07) is 10.6. The third-order valence-corrected chi connectivity index (χ3v) is 3.00. The van der Waals surface area contributed by atoms with Crippen molar-refractivity contribution >= 4 is 11.4 Å². The fourth-order valence-electron chi connectivity index (χ4n) is 1.66. The summed E-state index contributed by atoms with van der Waals surface area (Å²) in [5.41, 5.74) is 4.20. The van der Waals surface area contributed by atoms with Crippen molar-refractivity contribution in [3.63, 3.8) is 0 Å². The van der Waals surface area contributed by atoms with Crippen LogP contribution in [0.2, 0.25) is 0 Å². The van der Waals surface area contributed by atoms with E-state index >= 15 is 0 Å². The minimum Gasteiger partial charge on any atom is -0.508 e. The highest BCUT2D eigenvalue weighted by Crippen LogP contribution is 2.25. The zero-order chi connectivity index (χ0) is 13.8. The first-order valence-electron chi connectivity index (χ1n) is 6.02. The number of azo groups is 1. The Hall–Kier alpha value is -2.20. The number of aryl methyl sites for hydroxylation is 2. The molecule has 0 amide bonds. The average Bonchev–Trinajstić information content (AvgIpc) is 2.41. The SMILES string of the molecule is Cc1ccc(N=Nc2ccc(O)c(CO)c2)cc1C. The third kappa shape index (κ3) is 3.17. The molecule has 0 saturated carbocycles. The Morgan fingerprint density at radius 1 is 0.895 bits per heavy atom. The van der Waals surface area contributed by atoms with Crippen molar-refractivity contribution < 1.29 is 10.2 Å². The molecule has 2 rings (SSSR count). The van der Waals surface area contributed by atoms with Crippen LogP contribution < -0.4 is 0 Å². The van der Waals surface area contributed by atoms with Gasteiger partial charge in [-0.3, -0.25) is 0 Å². The molecule has 2 aromatic rings. The van der Waals surface area contributed by atoms with Gasteiger partial charge < -0.3 is 10.2 Å². The summed E-state index contributed by atoms with van der Waals surface area (Å²) in [7, 11) is 0. The van der Waals surface area contributed by atoms with Crippen molar-refractivity contribution in [1.82, 2.24) is 0 Å². The van der Waals surface area contributed by atoms with Gasteiger partial charge in [0, 0.05) is 5.56 Å². The standard InChI is InChI=1S/C15H16N2O2/c1-10-3-4-13(7-11(10)2)16-17-14-5-6-15(19)12(8-14)9-18/h3-8,18-19H,9H2,1-2H3. The van der Waals surface area contributed by atoms with Gasteiger partial charge in [-0.05, 0) is 55.3 Å². The minimum atomic E-state index is -0.223. The van der Waals surface area contributed by atoms with Crippen LogP contribution in [0.25, 0.3) is 0 Å². The molecule has 0 unspecified atom stereocenters. The summed E-state index contributed by atoms with van der Waals surface area (Å²) in [4.78, 5) is 0. The lowest BCUT2D eigenvalue weighted by Crippen LogP contribution is -1.82. The molecule has 4 nitrogen and oxygen atoms in total. The summed E-state index contributed by atoms with van der Waals surface area (Å²) in [5.74, 6) is 0.0626. The number of phenols is 1. The topological polar surface area (TPSA) is 65.2 Å². The van der Waals surface area contributed by atoms with Crippen LogP contribution in [0.5, 0.6) is 5.75 Å². The smallest absolute Gasteiger partial charge is 0.121 e. The molecule has 19 heavy (non-hydrogen) atoms. The highest BCUT2D eigenvalue weighted by Gasteiger charge is 2.01. The summed E-state index contributed by atoms with van der Waals surface area (Å²) in [5, 5.41) is 26.8. The number of rotatable bonds is 3. The van der Waals surface area contributed by atoms with Gasteiger partial charge in [0.05, 0.1) is 18.0 Å². The number of aliphatic hydroxyl groups excluding tert-OH is 1. The molecule has 0 radical (unpaired) electrons. The molecule has 0 aliphatic carbocycles. The van der Waals surface area contributed by atoms with Crippen LogP contribution in [0.3, 0.4) is 0 Å². The number of aliphatic hydroxyl groups is 1. The largest absolute Gasteiger partial charge is 0.508 e. The van der Waals surface area contributed by atoms with Gasteiger partial charge >= 0.3 is 0 Å². The summed E-state index contributed by atoms with van der Waals surface area (Å²) in [6.45, 7) is 3.85. The van der Waals surface area contributed by atoms with Gasteiger partial charge in [0.1, 0.15) is 5.75 Å². The highest BCUT2D eigenvalue weighted by atomic mass is 16.3. The van der Waals surface area contributed by atoms with Crippen molar-refractivity contribution in [2.24, 2.45) is 10.2 Å². The number of hydrogen-bond donors (Lipinski definition) is 2. The number of nitrogens with zero attached hydrogens (tertiary/aromatic N) is 2. The lowest BCUT2D eigenvalue weighted by molar-refractivity contribution is 0.275. The first kappa shape index (κ1) is 13.2. The Morgan fingerprint density at radius 2 is 1.53 bits per heavy atom. The Morgan fingerprint density at radius 3 is 2.16 bits per heavy atom. The monoisotopic (exact) mass is 256 g/mol. The van der Waals surface area contributed by atoms with Crippen LogP contribution in [0.15, 0.2) is 46.6 Å². The van der Waals surface area contributed by atoms with E-state index in [4.69, 9.17) is 5.11 Å². The van der Waals surface area contributed by atoms with Crippen molar-refractivity contribution in [1.29, 1.82) is 0 Å². The Balaban J connectivity index is 2.24. The zero-order valence-corrected chi connectivity index (χ0v) is 11.0. The first-order valence-corrected chi connectivity index (χ1v) is 6.02. The molecule has 2 N–H and O–H groups in total. The normalized spacial score (nSPS) is 11.1. The molecular formula is C15H16N2O2. The van der Waals surface area contributed by atoms with Gasteiger partial charge in [0.2, 0.25) is 0 Å². The molecule has 0 bridgehead atoms. The van der Waals surface area contributed by atoms with Crippen LogP contribution in [0, 0.1) is 13.8 Å². The predicted octanol–water partition coefficient (Wildman–Crippen LogP) is 3.92. The predicted molar refractivity (Wildman–Crippen MR) is 74.1 cm³/mol. The Kier molecular flexibility index (Phi) is 3.92. The zero-order valence-electron chi connectivity index (χ0n) is 11.0. The molecule has 0 aliphatic rings. The Labute approximate surface area is 112 Å². The van der Waals surface area contributed by atoms with Gasteiger partial charge in [-0.25, -0.2) is 0 Å². The number of aromatic hydroxyl groups is 1. The van der Waals surface area contributed by atoms with Gasteiger partial charge in [-0.2, -0.15) is 10.2 Å². The van der Waals surface area contributed by atoms with E-state index in [-0.39, 0.29) is 12.4 Å². The van der Waals surface area contributed by atoms with Crippen LogP contribution in [-0.4, -0.2) is 10.2 Å². The molecule has 0 saturated heterocycles. The molecule has 98 valence electrons. The average molecular weight is 256 g/mol. The molecule has 0 fully saturated rings. The fourth-order valence-corrected chi connectivity index (χ4v) is 1.66. The maximum Gasteiger partial charge on any atom is 0.121 e. The molecular weight excluding hydrogens is 240 g/mol. The van der Waals surface area contributed by atoms with Crippen LogP contribution >= 0.6 is 0 Å². The lowest BCUT2D eigenvalue weighted by Gasteiger charge is -2.02. The molecule has 0 spiro atoms. The minimum absolute atomic E-state index is 0.0626.